The van der Waals surface area contributed by atoms with Crippen LogP contribution in [0.15, 0.2) is 84.5 Å². The number of benzene rings is 2. The Labute approximate surface area is 189 Å². The molecule has 3 aromatic rings. The van der Waals surface area contributed by atoms with Gasteiger partial charge in [0.05, 0.1) is 0 Å². The van der Waals surface area contributed by atoms with Crippen molar-refractivity contribution in [1.82, 2.24) is 0 Å². The van der Waals surface area contributed by atoms with Crippen LogP contribution in [-0.2, 0) is 21.7 Å². The Morgan fingerprint density at radius 2 is 1.76 bits per heavy atom. The van der Waals surface area contributed by atoms with Crippen LogP contribution < -0.4 is 20.0 Å². The molecule has 2 atom stereocenters. The van der Waals surface area contributed by atoms with Crippen LogP contribution in [0.25, 0.3) is 10.8 Å². The summed E-state index contributed by atoms with van der Waals surface area (Å²) in [4.78, 5) is 0. The molecule has 0 bridgehead atoms. The van der Waals surface area contributed by atoms with Crippen molar-refractivity contribution in [2.24, 2.45) is 5.92 Å². The molecule has 2 unspecified atom stereocenters. The minimum Gasteiger partial charge on any atom is -1.00 e. The van der Waals surface area contributed by atoms with Gasteiger partial charge in [0.15, 0.2) is 0 Å². The fourth-order valence-electron chi connectivity index (χ4n) is 3.76. The van der Waals surface area contributed by atoms with Gasteiger partial charge < -0.3 is 9.41 Å². The molecule has 0 aromatic heterocycles. The van der Waals surface area contributed by atoms with Crippen molar-refractivity contribution < 1.29 is 31.1 Å². The van der Waals surface area contributed by atoms with Crippen LogP contribution in [-0.4, -0.2) is 0 Å². The predicted octanol–water partition coefficient (Wildman–Crippen LogP) is -0.0111. The second-order valence-corrected chi connectivity index (χ2v) is 8.49. The van der Waals surface area contributed by atoms with Crippen LogP contribution >= 0.6 is 8.58 Å². The van der Waals surface area contributed by atoms with Crippen molar-refractivity contribution in [3.05, 3.63) is 96.4 Å². The summed E-state index contributed by atoms with van der Waals surface area (Å²) in [6.45, 7) is 2.19. The Bertz CT molecular complexity index is 925. The summed E-state index contributed by atoms with van der Waals surface area (Å²) >= 11 is 0. The first-order chi connectivity index (χ1) is 12.8. The molecule has 148 valence electrons. The van der Waals surface area contributed by atoms with E-state index in [0.717, 1.165) is 14.5 Å². The Hall–Kier alpha value is -1.60. The summed E-state index contributed by atoms with van der Waals surface area (Å²) < 4.78 is 0. The Kier molecular flexibility index (Phi) is 10.7. The van der Waals surface area contributed by atoms with E-state index in [1.54, 1.807) is 5.57 Å². The molecule has 0 saturated heterocycles. The van der Waals surface area contributed by atoms with Crippen LogP contribution in [0.3, 0.4) is 0 Å². The molecule has 1 saturated carbocycles. The first-order valence-corrected chi connectivity index (χ1v) is 10.5. The Morgan fingerprint density at radius 1 is 1.00 bits per heavy atom. The summed E-state index contributed by atoms with van der Waals surface area (Å²) in [5, 5.41) is 5.58. The van der Waals surface area contributed by atoms with Gasteiger partial charge in [0.25, 0.3) is 0 Å². The summed E-state index contributed by atoms with van der Waals surface area (Å²) in [7, 11) is 0.759. The number of hydrogen-bond acceptors (Lipinski definition) is 0. The molecular weight excluding hydrogens is 417 g/mol. The number of fused-ring (bicyclic) bond motifs is 2. The molecular formula is C25H25F2PTi. The summed E-state index contributed by atoms with van der Waals surface area (Å²) in [5.74, 6) is 0.884. The van der Waals surface area contributed by atoms with E-state index in [2.05, 4.69) is 92.2 Å². The minimum absolute atomic E-state index is 0. The fraction of sp³-hybridized carbons (Fsp3) is 0.200. The molecule has 0 N–H and O–H groups in total. The van der Waals surface area contributed by atoms with E-state index in [0.29, 0.717) is 0 Å². The van der Waals surface area contributed by atoms with Crippen molar-refractivity contribution in [2.45, 2.75) is 26.2 Å². The van der Waals surface area contributed by atoms with Crippen molar-refractivity contribution in [3.8, 4) is 0 Å². The summed E-state index contributed by atoms with van der Waals surface area (Å²) in [6.07, 6.45) is 13.0. The average Bonchev–Trinajstić information content (AvgIpc) is 3.30. The molecule has 0 aliphatic heterocycles. The number of hydrogen-bond donors (Lipinski definition) is 0. The molecule has 29 heavy (non-hydrogen) atoms. The number of allylic oxidation sites excluding steroid dienone is 4. The molecule has 2 aliphatic rings. The third-order valence-electron chi connectivity index (χ3n) is 5.25. The van der Waals surface area contributed by atoms with Gasteiger partial charge in [-0.3, -0.25) is 0 Å². The maximum atomic E-state index is 2.37. The SMILES string of the molecule is C1=CCC2CC[CH-]C2=C1.Cc1ccccc1Pc1cc2ccccc2[cH-]1.[F-].[F-].[Ti+4]. The van der Waals surface area contributed by atoms with Gasteiger partial charge in [-0.25, -0.2) is 18.1 Å². The smallest absolute Gasteiger partial charge is 1.00 e. The van der Waals surface area contributed by atoms with Crippen LogP contribution in [0.5, 0.6) is 0 Å². The van der Waals surface area contributed by atoms with Gasteiger partial charge in [-0.15, -0.1) is 58.9 Å². The maximum absolute atomic E-state index is 2.37. The quantitative estimate of drug-likeness (QED) is 0.298. The van der Waals surface area contributed by atoms with Gasteiger partial charge in [0.1, 0.15) is 0 Å². The van der Waals surface area contributed by atoms with Gasteiger partial charge in [-0.05, 0) is 30.1 Å². The van der Waals surface area contributed by atoms with E-state index < -0.39 is 0 Å². The molecule has 0 nitrogen and oxygen atoms in total. The van der Waals surface area contributed by atoms with Crippen molar-refractivity contribution in [3.63, 3.8) is 0 Å². The number of rotatable bonds is 2. The standard InChI is InChI=1S/C16H14P.C9H11.2FH.Ti/c1-12-6-2-5-9-16(12)17-15-10-13-7-3-4-8-14(13)11-15;1-2-5-9-7-3-6-8(9)4-1;;;/h2-11,17H,1H3;1-2,4,6,9H,3,5,7H2;2*1H;/q2*-1;;;+4/p-2. The number of halogens is 2. The van der Waals surface area contributed by atoms with E-state index in [-0.39, 0.29) is 31.1 Å². The van der Waals surface area contributed by atoms with Crippen LogP contribution in [0, 0.1) is 19.3 Å². The summed E-state index contributed by atoms with van der Waals surface area (Å²) in [5.41, 5.74) is 2.97. The Morgan fingerprint density at radius 3 is 2.52 bits per heavy atom. The molecule has 0 spiro atoms. The zero-order valence-electron chi connectivity index (χ0n) is 16.5. The molecule has 0 heterocycles. The topological polar surface area (TPSA) is 0 Å². The van der Waals surface area contributed by atoms with Crippen LogP contribution in [0.2, 0.25) is 0 Å². The number of aryl methyl sites for hydroxylation is 1. The average molecular weight is 442 g/mol. The molecule has 2 aliphatic carbocycles. The van der Waals surface area contributed by atoms with Gasteiger partial charge >= 0.3 is 21.7 Å². The molecule has 4 heteroatoms. The second kappa shape index (κ2) is 12.2. The largest absolute Gasteiger partial charge is 4.00 e. The Balaban J connectivity index is 0.000000302. The molecule has 3 aromatic carbocycles. The van der Waals surface area contributed by atoms with Gasteiger partial charge in [0, 0.05) is 0 Å². The van der Waals surface area contributed by atoms with E-state index >= 15 is 0 Å². The normalized spacial score (nSPS) is 16.4. The van der Waals surface area contributed by atoms with Crippen molar-refractivity contribution in [2.75, 3.05) is 0 Å². The maximum Gasteiger partial charge on any atom is 4.00 e. The summed E-state index contributed by atoms with van der Waals surface area (Å²) in [6, 6.07) is 21.8. The monoisotopic (exact) mass is 442 g/mol. The van der Waals surface area contributed by atoms with Gasteiger partial charge in [-0.2, -0.15) is 6.07 Å². The third-order valence-corrected chi connectivity index (χ3v) is 6.66. The van der Waals surface area contributed by atoms with E-state index in [4.69, 9.17) is 0 Å². The fourth-order valence-corrected chi connectivity index (χ4v) is 4.98. The molecule has 5 rings (SSSR count). The zero-order valence-corrected chi connectivity index (χ0v) is 19.1. The minimum atomic E-state index is 0. The van der Waals surface area contributed by atoms with Crippen molar-refractivity contribution in [1.29, 1.82) is 0 Å². The van der Waals surface area contributed by atoms with Crippen molar-refractivity contribution >= 4 is 30.0 Å². The second-order valence-electron chi connectivity index (χ2n) is 7.12. The first kappa shape index (κ1) is 25.4. The van der Waals surface area contributed by atoms with Crippen LogP contribution in [0.1, 0.15) is 24.8 Å². The molecule has 0 radical (unpaired) electrons. The first-order valence-electron chi connectivity index (χ1n) is 9.48. The third kappa shape index (κ3) is 6.44. The molecule has 1 fully saturated rings. The predicted molar refractivity (Wildman–Crippen MR) is 117 cm³/mol. The van der Waals surface area contributed by atoms with Crippen LogP contribution in [0.4, 0.5) is 0 Å². The van der Waals surface area contributed by atoms with E-state index in [1.807, 2.05) is 0 Å². The van der Waals surface area contributed by atoms with Gasteiger partial charge in [-0.1, -0.05) is 45.3 Å². The van der Waals surface area contributed by atoms with E-state index in [9.17, 15) is 0 Å². The van der Waals surface area contributed by atoms with E-state index in [1.165, 1.54) is 46.2 Å². The zero-order chi connectivity index (χ0) is 17.8. The van der Waals surface area contributed by atoms with Gasteiger partial charge in [0.2, 0.25) is 0 Å². The molecule has 0 amide bonds.